The zero-order valence-corrected chi connectivity index (χ0v) is 12.7. The van der Waals surface area contributed by atoms with E-state index in [1.165, 1.54) is 18.5 Å². The smallest absolute Gasteiger partial charge is 0.241 e. The standard InChI is InChI=1S/C16H25N3O/c1-13(2)18(3)16(20)12-17-14-6-8-15(9-7-14)19-10-4-5-11-19/h6-9,13,17H,4-5,10-12H2,1-3H3. The number of nitrogens with one attached hydrogen (secondary N) is 1. The van der Waals surface area contributed by atoms with Gasteiger partial charge in [0.05, 0.1) is 6.54 Å². The molecule has 2 rings (SSSR count). The average molecular weight is 275 g/mol. The summed E-state index contributed by atoms with van der Waals surface area (Å²) in [6.07, 6.45) is 2.58. The maximum atomic E-state index is 11.9. The number of carbonyl (C=O) groups excluding carboxylic acids is 1. The van der Waals surface area contributed by atoms with Crippen molar-refractivity contribution in [3.05, 3.63) is 24.3 Å². The molecule has 0 bridgehead atoms. The molecule has 1 amide bonds. The van der Waals surface area contributed by atoms with E-state index in [9.17, 15) is 4.79 Å². The summed E-state index contributed by atoms with van der Waals surface area (Å²) in [5, 5.41) is 3.19. The monoisotopic (exact) mass is 275 g/mol. The van der Waals surface area contributed by atoms with Gasteiger partial charge in [0.2, 0.25) is 5.91 Å². The summed E-state index contributed by atoms with van der Waals surface area (Å²) in [4.78, 5) is 16.0. The van der Waals surface area contributed by atoms with Crippen LogP contribution in [0.15, 0.2) is 24.3 Å². The first-order valence-corrected chi connectivity index (χ1v) is 7.42. The summed E-state index contributed by atoms with van der Waals surface area (Å²) in [7, 11) is 1.84. The molecule has 1 aromatic carbocycles. The zero-order valence-electron chi connectivity index (χ0n) is 12.7. The molecule has 0 aliphatic carbocycles. The van der Waals surface area contributed by atoms with E-state index in [0.717, 1.165) is 18.8 Å². The van der Waals surface area contributed by atoms with Crippen LogP contribution in [0.2, 0.25) is 0 Å². The van der Waals surface area contributed by atoms with Crippen LogP contribution in [-0.2, 0) is 4.79 Å². The predicted octanol–water partition coefficient (Wildman–Crippen LogP) is 2.57. The number of hydrogen-bond acceptors (Lipinski definition) is 3. The van der Waals surface area contributed by atoms with Crippen molar-refractivity contribution in [2.24, 2.45) is 0 Å². The topological polar surface area (TPSA) is 35.6 Å². The molecule has 0 saturated carbocycles. The van der Waals surface area contributed by atoms with Gasteiger partial charge in [0, 0.05) is 37.6 Å². The van der Waals surface area contributed by atoms with Crippen LogP contribution in [0, 0.1) is 0 Å². The van der Waals surface area contributed by atoms with Crippen molar-refractivity contribution < 1.29 is 4.79 Å². The molecule has 0 aromatic heterocycles. The molecule has 1 aromatic rings. The Hall–Kier alpha value is -1.71. The Kier molecular flexibility index (Phi) is 4.88. The first-order valence-electron chi connectivity index (χ1n) is 7.42. The minimum Gasteiger partial charge on any atom is -0.376 e. The Morgan fingerprint density at radius 3 is 2.40 bits per heavy atom. The lowest BCUT2D eigenvalue weighted by Crippen LogP contribution is -2.37. The molecule has 0 unspecified atom stereocenters. The van der Waals surface area contributed by atoms with Crippen LogP contribution in [0.5, 0.6) is 0 Å². The van der Waals surface area contributed by atoms with Crippen LogP contribution in [0.3, 0.4) is 0 Å². The lowest BCUT2D eigenvalue weighted by atomic mass is 10.2. The van der Waals surface area contributed by atoms with E-state index in [-0.39, 0.29) is 11.9 Å². The van der Waals surface area contributed by atoms with E-state index in [2.05, 4.69) is 34.5 Å². The molecule has 1 saturated heterocycles. The Balaban J connectivity index is 1.86. The van der Waals surface area contributed by atoms with Gasteiger partial charge in [-0.1, -0.05) is 0 Å². The second-order valence-corrected chi connectivity index (χ2v) is 5.69. The molecule has 4 heteroatoms. The number of hydrogen-bond donors (Lipinski definition) is 1. The molecule has 0 radical (unpaired) electrons. The van der Waals surface area contributed by atoms with E-state index in [4.69, 9.17) is 0 Å². The van der Waals surface area contributed by atoms with E-state index in [0.29, 0.717) is 6.54 Å². The van der Waals surface area contributed by atoms with Gasteiger partial charge in [-0.25, -0.2) is 0 Å². The summed E-state index contributed by atoms with van der Waals surface area (Å²) >= 11 is 0. The van der Waals surface area contributed by atoms with Crippen LogP contribution in [-0.4, -0.2) is 43.5 Å². The lowest BCUT2D eigenvalue weighted by Gasteiger charge is -2.22. The Labute approximate surface area is 121 Å². The summed E-state index contributed by atoms with van der Waals surface area (Å²) < 4.78 is 0. The van der Waals surface area contributed by atoms with Gasteiger partial charge in [0.25, 0.3) is 0 Å². The molecule has 4 nitrogen and oxygen atoms in total. The minimum atomic E-state index is 0.114. The molecule has 0 atom stereocenters. The number of carbonyl (C=O) groups is 1. The van der Waals surface area contributed by atoms with Crippen LogP contribution in [0.4, 0.5) is 11.4 Å². The Bertz CT molecular complexity index is 436. The highest BCUT2D eigenvalue weighted by Crippen LogP contribution is 2.21. The second-order valence-electron chi connectivity index (χ2n) is 5.69. The number of amides is 1. The fourth-order valence-corrected chi connectivity index (χ4v) is 2.36. The van der Waals surface area contributed by atoms with Gasteiger partial charge in [-0.15, -0.1) is 0 Å². The summed E-state index contributed by atoms with van der Waals surface area (Å²) in [6, 6.07) is 8.60. The Morgan fingerprint density at radius 2 is 1.85 bits per heavy atom. The van der Waals surface area contributed by atoms with Gasteiger partial charge in [-0.3, -0.25) is 4.79 Å². The van der Waals surface area contributed by atoms with E-state index >= 15 is 0 Å². The minimum absolute atomic E-state index is 0.114. The van der Waals surface area contributed by atoms with E-state index < -0.39 is 0 Å². The molecule has 1 aliphatic heterocycles. The summed E-state index contributed by atoms with van der Waals surface area (Å²) in [5.74, 6) is 0.114. The maximum Gasteiger partial charge on any atom is 0.241 e. The second kappa shape index (κ2) is 6.64. The molecular formula is C16H25N3O. The lowest BCUT2D eigenvalue weighted by molar-refractivity contribution is -0.129. The summed E-state index contributed by atoms with van der Waals surface area (Å²) in [6.45, 7) is 6.69. The molecule has 1 aliphatic rings. The molecular weight excluding hydrogens is 250 g/mol. The van der Waals surface area contributed by atoms with Crippen LogP contribution in [0.25, 0.3) is 0 Å². The molecule has 1 fully saturated rings. The average Bonchev–Trinajstić information content (AvgIpc) is 2.98. The molecule has 1 N–H and O–H groups in total. The van der Waals surface area contributed by atoms with Gasteiger partial charge < -0.3 is 15.1 Å². The number of anilines is 2. The van der Waals surface area contributed by atoms with Crippen molar-refractivity contribution in [2.45, 2.75) is 32.7 Å². The first-order chi connectivity index (χ1) is 9.58. The van der Waals surface area contributed by atoms with E-state index in [1.807, 2.05) is 20.9 Å². The van der Waals surface area contributed by atoms with Crippen LogP contribution in [0.1, 0.15) is 26.7 Å². The SMILES string of the molecule is CC(C)N(C)C(=O)CNc1ccc(N2CCCC2)cc1. The number of benzene rings is 1. The van der Waals surface area contributed by atoms with Crippen LogP contribution >= 0.6 is 0 Å². The number of likely N-dealkylation sites (N-methyl/N-ethyl adjacent to an activating group) is 1. The van der Waals surface area contributed by atoms with Crippen molar-refractivity contribution in [1.82, 2.24) is 4.90 Å². The molecule has 110 valence electrons. The maximum absolute atomic E-state index is 11.9. The van der Waals surface area contributed by atoms with Crippen molar-refractivity contribution in [2.75, 3.05) is 36.9 Å². The third-order valence-corrected chi connectivity index (χ3v) is 3.95. The zero-order chi connectivity index (χ0) is 14.5. The number of nitrogens with zero attached hydrogens (tertiary/aromatic N) is 2. The van der Waals surface area contributed by atoms with E-state index in [1.54, 1.807) is 4.90 Å². The normalized spacial score (nSPS) is 14.7. The predicted molar refractivity (Wildman–Crippen MR) is 84.3 cm³/mol. The molecule has 20 heavy (non-hydrogen) atoms. The molecule has 1 heterocycles. The van der Waals surface area contributed by atoms with Gasteiger partial charge >= 0.3 is 0 Å². The van der Waals surface area contributed by atoms with Gasteiger partial charge in [0.1, 0.15) is 0 Å². The fraction of sp³-hybridized carbons (Fsp3) is 0.562. The third kappa shape index (κ3) is 3.65. The van der Waals surface area contributed by atoms with Gasteiger partial charge in [-0.2, -0.15) is 0 Å². The Morgan fingerprint density at radius 1 is 1.25 bits per heavy atom. The number of rotatable bonds is 5. The largest absolute Gasteiger partial charge is 0.376 e. The first kappa shape index (κ1) is 14.7. The van der Waals surface area contributed by atoms with Gasteiger partial charge in [-0.05, 0) is 51.0 Å². The van der Waals surface area contributed by atoms with Crippen molar-refractivity contribution >= 4 is 17.3 Å². The highest BCUT2D eigenvalue weighted by Gasteiger charge is 2.13. The fourth-order valence-electron chi connectivity index (χ4n) is 2.36. The quantitative estimate of drug-likeness (QED) is 0.897. The molecule has 0 spiro atoms. The third-order valence-electron chi connectivity index (χ3n) is 3.95. The summed E-state index contributed by atoms with van der Waals surface area (Å²) in [5.41, 5.74) is 2.28. The van der Waals surface area contributed by atoms with Crippen molar-refractivity contribution in [3.8, 4) is 0 Å². The highest BCUT2D eigenvalue weighted by molar-refractivity contribution is 5.81. The van der Waals surface area contributed by atoms with Crippen molar-refractivity contribution in [1.29, 1.82) is 0 Å². The van der Waals surface area contributed by atoms with Crippen LogP contribution < -0.4 is 10.2 Å². The van der Waals surface area contributed by atoms with Crippen molar-refractivity contribution in [3.63, 3.8) is 0 Å². The highest BCUT2D eigenvalue weighted by atomic mass is 16.2. The van der Waals surface area contributed by atoms with Gasteiger partial charge in [0.15, 0.2) is 0 Å².